The van der Waals surface area contributed by atoms with Crippen LogP contribution in [0.15, 0.2) is 42.5 Å². The summed E-state index contributed by atoms with van der Waals surface area (Å²) in [5.41, 5.74) is 2.11. The highest BCUT2D eigenvalue weighted by Crippen LogP contribution is 2.21. The van der Waals surface area contributed by atoms with E-state index in [0.29, 0.717) is 17.3 Å². The van der Waals surface area contributed by atoms with Gasteiger partial charge in [-0.15, -0.1) is 0 Å². The molecular weight excluding hydrogens is 397 g/mol. The summed E-state index contributed by atoms with van der Waals surface area (Å²) < 4.78 is 11.5. The molecule has 0 amide bonds. The number of nitrogens with zero attached hydrogens (tertiary/aromatic N) is 1. The molecule has 0 radical (unpaired) electrons. The van der Waals surface area contributed by atoms with E-state index < -0.39 is 6.10 Å². The van der Waals surface area contributed by atoms with Crippen LogP contribution in [0.5, 0.6) is 5.75 Å². The Balaban J connectivity index is 1.56. The molecule has 1 fully saturated rings. The summed E-state index contributed by atoms with van der Waals surface area (Å²) in [7, 11) is 0. The Kier molecular flexibility index (Phi) is 8.00. The molecule has 1 aliphatic heterocycles. The molecule has 2 aromatic carbocycles. The molecule has 0 aliphatic carbocycles. The quantitative estimate of drug-likeness (QED) is 0.633. The van der Waals surface area contributed by atoms with Gasteiger partial charge in [-0.05, 0) is 61.2 Å². The van der Waals surface area contributed by atoms with Crippen LogP contribution in [-0.2, 0) is 11.3 Å². The molecule has 152 valence electrons. The topological polar surface area (TPSA) is 41.9 Å². The number of ether oxygens (including phenoxy) is 2. The number of rotatable bonds is 9. The minimum atomic E-state index is -0.607. The van der Waals surface area contributed by atoms with Gasteiger partial charge in [0.2, 0.25) is 0 Å². The van der Waals surface area contributed by atoms with Crippen LogP contribution in [0.3, 0.4) is 0 Å². The summed E-state index contributed by atoms with van der Waals surface area (Å²) in [6.45, 7) is 5.01. The molecule has 0 saturated carbocycles. The highest BCUT2D eigenvalue weighted by molar-refractivity contribution is 6.31. The lowest BCUT2D eigenvalue weighted by Crippen LogP contribution is -2.39. The third kappa shape index (κ3) is 6.64. The maximum atomic E-state index is 10.5. The second-order valence-electron chi connectivity index (χ2n) is 7.33. The zero-order chi connectivity index (χ0) is 19.9. The van der Waals surface area contributed by atoms with Crippen molar-refractivity contribution in [2.75, 3.05) is 26.3 Å². The van der Waals surface area contributed by atoms with Crippen molar-refractivity contribution >= 4 is 23.2 Å². The Morgan fingerprint density at radius 2 is 2.00 bits per heavy atom. The van der Waals surface area contributed by atoms with Gasteiger partial charge in [-0.3, -0.25) is 4.90 Å². The third-order valence-corrected chi connectivity index (χ3v) is 5.52. The number of aryl methyl sites for hydroxylation is 1. The van der Waals surface area contributed by atoms with E-state index in [9.17, 15) is 5.11 Å². The van der Waals surface area contributed by atoms with E-state index >= 15 is 0 Å². The van der Waals surface area contributed by atoms with Gasteiger partial charge in [-0.2, -0.15) is 0 Å². The molecular formula is C22H27Cl2NO3. The van der Waals surface area contributed by atoms with E-state index in [2.05, 4.69) is 4.90 Å². The van der Waals surface area contributed by atoms with Gasteiger partial charge in [0.25, 0.3) is 0 Å². The molecule has 1 N–H and O–H groups in total. The Morgan fingerprint density at radius 1 is 1.21 bits per heavy atom. The fourth-order valence-electron chi connectivity index (χ4n) is 3.38. The zero-order valence-corrected chi connectivity index (χ0v) is 17.6. The molecule has 4 nitrogen and oxygen atoms in total. The number of benzene rings is 2. The van der Waals surface area contributed by atoms with E-state index in [0.717, 1.165) is 48.7 Å². The molecule has 0 aromatic heterocycles. The standard InChI is InChI=1S/C22H27Cl2NO3/c1-16-11-20(8-9-22(16)24)28-15-19(26)13-25(14-21-3-2-10-27-21)12-17-4-6-18(23)7-5-17/h4-9,11,19,21,26H,2-3,10,12-15H2,1H3. The normalized spacial score (nSPS) is 17.8. The van der Waals surface area contributed by atoms with E-state index in [1.165, 1.54) is 0 Å². The SMILES string of the molecule is Cc1cc(OCC(O)CN(Cc2ccc(Cl)cc2)CC2CCCO2)ccc1Cl. The summed E-state index contributed by atoms with van der Waals surface area (Å²) in [5.74, 6) is 0.712. The lowest BCUT2D eigenvalue weighted by atomic mass is 10.1. The van der Waals surface area contributed by atoms with Crippen LogP contribution in [0.25, 0.3) is 0 Å². The van der Waals surface area contributed by atoms with Crippen molar-refractivity contribution in [3.63, 3.8) is 0 Å². The Morgan fingerprint density at radius 3 is 2.68 bits per heavy atom. The van der Waals surface area contributed by atoms with Crippen LogP contribution in [0, 0.1) is 6.92 Å². The van der Waals surface area contributed by atoms with Crippen molar-refractivity contribution in [1.82, 2.24) is 4.90 Å². The van der Waals surface area contributed by atoms with E-state index in [-0.39, 0.29) is 12.7 Å². The van der Waals surface area contributed by atoms with Crippen LogP contribution in [0.2, 0.25) is 10.0 Å². The fraction of sp³-hybridized carbons (Fsp3) is 0.455. The predicted octanol–water partition coefficient (Wildman–Crippen LogP) is 4.72. The van der Waals surface area contributed by atoms with E-state index in [1.54, 1.807) is 0 Å². The highest BCUT2D eigenvalue weighted by Gasteiger charge is 2.21. The van der Waals surface area contributed by atoms with Gasteiger partial charge in [0.05, 0.1) is 6.10 Å². The largest absolute Gasteiger partial charge is 0.491 e. The van der Waals surface area contributed by atoms with Gasteiger partial charge in [-0.25, -0.2) is 0 Å². The zero-order valence-electron chi connectivity index (χ0n) is 16.1. The molecule has 0 spiro atoms. The first-order valence-electron chi connectivity index (χ1n) is 9.65. The van der Waals surface area contributed by atoms with Gasteiger partial charge >= 0.3 is 0 Å². The van der Waals surface area contributed by atoms with Crippen LogP contribution < -0.4 is 4.74 Å². The van der Waals surface area contributed by atoms with Crippen molar-refractivity contribution in [3.05, 3.63) is 63.6 Å². The summed E-state index contributed by atoms with van der Waals surface area (Å²) in [5, 5.41) is 12.0. The van der Waals surface area contributed by atoms with Crippen molar-refractivity contribution in [1.29, 1.82) is 0 Å². The van der Waals surface area contributed by atoms with Crippen molar-refractivity contribution in [2.24, 2.45) is 0 Å². The van der Waals surface area contributed by atoms with Crippen LogP contribution >= 0.6 is 23.2 Å². The predicted molar refractivity (Wildman–Crippen MR) is 113 cm³/mol. The number of hydrogen-bond acceptors (Lipinski definition) is 4. The monoisotopic (exact) mass is 423 g/mol. The van der Waals surface area contributed by atoms with Crippen molar-refractivity contribution in [2.45, 2.75) is 38.5 Å². The molecule has 1 heterocycles. The molecule has 1 aliphatic rings. The summed E-state index contributed by atoms with van der Waals surface area (Å²) in [4.78, 5) is 2.22. The number of halogens is 2. The molecule has 3 rings (SSSR count). The minimum Gasteiger partial charge on any atom is -0.491 e. The number of aliphatic hydroxyl groups excluding tert-OH is 1. The van der Waals surface area contributed by atoms with Crippen LogP contribution in [-0.4, -0.2) is 48.5 Å². The summed E-state index contributed by atoms with van der Waals surface area (Å²) in [6, 6.07) is 13.3. The molecule has 2 atom stereocenters. The Hall–Kier alpha value is -1.30. The third-order valence-electron chi connectivity index (χ3n) is 4.85. The average molecular weight is 424 g/mol. The maximum Gasteiger partial charge on any atom is 0.119 e. The highest BCUT2D eigenvalue weighted by atomic mass is 35.5. The molecule has 2 aromatic rings. The first-order valence-corrected chi connectivity index (χ1v) is 10.4. The van der Waals surface area contributed by atoms with E-state index in [1.807, 2.05) is 49.4 Å². The maximum absolute atomic E-state index is 10.5. The molecule has 1 saturated heterocycles. The summed E-state index contributed by atoms with van der Waals surface area (Å²) >= 11 is 12.0. The van der Waals surface area contributed by atoms with Crippen LogP contribution in [0.4, 0.5) is 0 Å². The lowest BCUT2D eigenvalue weighted by molar-refractivity contribution is 0.0313. The molecule has 0 bridgehead atoms. The van der Waals surface area contributed by atoms with Gasteiger partial charge < -0.3 is 14.6 Å². The summed E-state index contributed by atoms with van der Waals surface area (Å²) in [6.07, 6.45) is 1.78. The average Bonchev–Trinajstić information content (AvgIpc) is 3.17. The lowest BCUT2D eigenvalue weighted by Gasteiger charge is -2.27. The van der Waals surface area contributed by atoms with Crippen molar-refractivity contribution in [3.8, 4) is 5.75 Å². The van der Waals surface area contributed by atoms with Gasteiger partial charge in [0.15, 0.2) is 0 Å². The first-order chi connectivity index (χ1) is 13.5. The molecule has 6 heteroatoms. The van der Waals surface area contributed by atoms with Gasteiger partial charge in [0.1, 0.15) is 18.5 Å². The van der Waals surface area contributed by atoms with Crippen LogP contribution in [0.1, 0.15) is 24.0 Å². The molecule has 28 heavy (non-hydrogen) atoms. The van der Waals surface area contributed by atoms with Crippen molar-refractivity contribution < 1.29 is 14.6 Å². The molecule has 2 unspecified atom stereocenters. The Bertz CT molecular complexity index is 748. The van der Waals surface area contributed by atoms with Gasteiger partial charge in [0, 0.05) is 36.3 Å². The first kappa shape index (κ1) is 21.4. The smallest absolute Gasteiger partial charge is 0.119 e. The second kappa shape index (κ2) is 10.5. The Labute approximate surface area is 177 Å². The van der Waals surface area contributed by atoms with Gasteiger partial charge in [-0.1, -0.05) is 35.3 Å². The second-order valence-corrected chi connectivity index (χ2v) is 8.18. The number of hydrogen-bond donors (Lipinski definition) is 1. The number of aliphatic hydroxyl groups is 1. The minimum absolute atomic E-state index is 0.222. The fourth-order valence-corrected chi connectivity index (χ4v) is 3.62. The van der Waals surface area contributed by atoms with E-state index in [4.69, 9.17) is 32.7 Å².